The number of nitrogens with one attached hydrogen (secondary N) is 2. The van der Waals surface area contributed by atoms with Gasteiger partial charge in [0.1, 0.15) is 5.82 Å². The highest BCUT2D eigenvalue weighted by Gasteiger charge is 2.12. The highest BCUT2D eigenvalue weighted by molar-refractivity contribution is 6.30. The number of hydrogen-bond acceptors (Lipinski definition) is 2. The van der Waals surface area contributed by atoms with Crippen LogP contribution in [0.25, 0.3) is 0 Å². The SMILES string of the molecule is CNC(Cc1cccc(Cl)c1)c1ncc[nH]1. The summed E-state index contributed by atoms with van der Waals surface area (Å²) in [5, 5.41) is 4.01. The molecule has 1 atom stereocenters. The van der Waals surface area contributed by atoms with E-state index in [1.165, 1.54) is 5.56 Å². The first-order chi connectivity index (χ1) is 7.79. The van der Waals surface area contributed by atoms with E-state index in [1.807, 2.05) is 31.4 Å². The summed E-state index contributed by atoms with van der Waals surface area (Å²) in [5.74, 6) is 0.947. The summed E-state index contributed by atoms with van der Waals surface area (Å²) in [7, 11) is 1.93. The highest BCUT2D eigenvalue weighted by atomic mass is 35.5. The fourth-order valence-electron chi connectivity index (χ4n) is 1.70. The van der Waals surface area contributed by atoms with Gasteiger partial charge >= 0.3 is 0 Å². The normalized spacial score (nSPS) is 12.6. The lowest BCUT2D eigenvalue weighted by Gasteiger charge is -2.13. The van der Waals surface area contributed by atoms with Crippen molar-refractivity contribution in [1.82, 2.24) is 15.3 Å². The Hall–Kier alpha value is -1.32. The van der Waals surface area contributed by atoms with Crippen LogP contribution >= 0.6 is 11.6 Å². The third-order valence-corrected chi connectivity index (χ3v) is 2.76. The number of imidazole rings is 1. The largest absolute Gasteiger partial charge is 0.347 e. The average molecular weight is 236 g/mol. The van der Waals surface area contributed by atoms with Crippen molar-refractivity contribution in [2.75, 3.05) is 7.05 Å². The summed E-state index contributed by atoms with van der Waals surface area (Å²) in [6.45, 7) is 0. The Morgan fingerprint density at radius 2 is 2.38 bits per heavy atom. The van der Waals surface area contributed by atoms with Gasteiger partial charge < -0.3 is 10.3 Å². The van der Waals surface area contributed by atoms with Crippen LogP contribution in [-0.2, 0) is 6.42 Å². The molecule has 0 fully saturated rings. The van der Waals surface area contributed by atoms with E-state index in [0.29, 0.717) is 0 Å². The molecule has 84 valence electrons. The Labute approximate surface area is 99.9 Å². The molecule has 0 bridgehead atoms. The van der Waals surface area contributed by atoms with Crippen LogP contribution in [0.5, 0.6) is 0 Å². The zero-order chi connectivity index (χ0) is 11.4. The molecule has 1 unspecified atom stereocenters. The summed E-state index contributed by atoms with van der Waals surface area (Å²) in [4.78, 5) is 7.37. The monoisotopic (exact) mass is 235 g/mol. The molecule has 1 aromatic heterocycles. The van der Waals surface area contributed by atoms with Gasteiger partial charge in [0.2, 0.25) is 0 Å². The Balaban J connectivity index is 2.13. The molecule has 1 aromatic carbocycles. The number of benzene rings is 1. The van der Waals surface area contributed by atoms with E-state index in [4.69, 9.17) is 11.6 Å². The van der Waals surface area contributed by atoms with E-state index in [-0.39, 0.29) is 6.04 Å². The molecule has 16 heavy (non-hydrogen) atoms. The molecule has 2 aromatic rings. The molecule has 0 saturated heterocycles. The number of rotatable bonds is 4. The van der Waals surface area contributed by atoms with E-state index in [9.17, 15) is 0 Å². The van der Waals surface area contributed by atoms with E-state index in [0.717, 1.165) is 17.3 Å². The van der Waals surface area contributed by atoms with Gasteiger partial charge in [-0.15, -0.1) is 0 Å². The average Bonchev–Trinajstić information content (AvgIpc) is 2.79. The van der Waals surface area contributed by atoms with Crippen LogP contribution in [0.4, 0.5) is 0 Å². The van der Waals surface area contributed by atoms with Crippen LogP contribution in [-0.4, -0.2) is 17.0 Å². The number of hydrogen-bond donors (Lipinski definition) is 2. The molecule has 0 aliphatic rings. The Morgan fingerprint density at radius 1 is 1.50 bits per heavy atom. The molecule has 2 rings (SSSR count). The first kappa shape index (κ1) is 11.2. The van der Waals surface area contributed by atoms with Crippen LogP contribution in [0.2, 0.25) is 5.02 Å². The minimum absolute atomic E-state index is 0.188. The number of aromatic amines is 1. The molecule has 0 aliphatic carbocycles. The molecule has 0 aliphatic heterocycles. The van der Waals surface area contributed by atoms with Gasteiger partial charge in [0, 0.05) is 17.4 Å². The van der Waals surface area contributed by atoms with Crippen LogP contribution in [0.1, 0.15) is 17.4 Å². The first-order valence-corrected chi connectivity index (χ1v) is 5.58. The molecule has 0 radical (unpaired) electrons. The predicted molar refractivity (Wildman–Crippen MR) is 65.5 cm³/mol. The molecule has 0 saturated carbocycles. The summed E-state index contributed by atoms with van der Waals surface area (Å²) in [5.41, 5.74) is 1.20. The van der Waals surface area contributed by atoms with Gasteiger partial charge in [-0.05, 0) is 31.2 Å². The molecule has 3 nitrogen and oxygen atoms in total. The van der Waals surface area contributed by atoms with Gasteiger partial charge in [0.15, 0.2) is 0 Å². The summed E-state index contributed by atoms with van der Waals surface area (Å²) in [6.07, 6.45) is 4.46. The van der Waals surface area contributed by atoms with Crippen molar-refractivity contribution >= 4 is 11.6 Å². The fraction of sp³-hybridized carbons (Fsp3) is 0.250. The molecular formula is C12H14ClN3. The van der Waals surface area contributed by atoms with Crippen molar-refractivity contribution in [3.05, 3.63) is 53.1 Å². The second-order valence-electron chi connectivity index (χ2n) is 3.65. The summed E-state index contributed by atoms with van der Waals surface area (Å²) < 4.78 is 0. The van der Waals surface area contributed by atoms with Crippen molar-refractivity contribution in [2.24, 2.45) is 0 Å². The van der Waals surface area contributed by atoms with Crippen molar-refractivity contribution in [3.63, 3.8) is 0 Å². The number of aromatic nitrogens is 2. The van der Waals surface area contributed by atoms with Gasteiger partial charge in [0.25, 0.3) is 0 Å². The zero-order valence-corrected chi connectivity index (χ0v) is 9.83. The molecular weight excluding hydrogens is 222 g/mol. The molecule has 2 N–H and O–H groups in total. The van der Waals surface area contributed by atoms with E-state index >= 15 is 0 Å². The van der Waals surface area contributed by atoms with Gasteiger partial charge in [-0.3, -0.25) is 0 Å². The maximum absolute atomic E-state index is 5.95. The number of likely N-dealkylation sites (N-methyl/N-ethyl adjacent to an activating group) is 1. The first-order valence-electron chi connectivity index (χ1n) is 5.20. The van der Waals surface area contributed by atoms with Crippen LogP contribution in [0.15, 0.2) is 36.7 Å². The minimum atomic E-state index is 0.188. The second kappa shape index (κ2) is 5.14. The second-order valence-corrected chi connectivity index (χ2v) is 4.09. The maximum atomic E-state index is 5.95. The van der Waals surface area contributed by atoms with Gasteiger partial charge in [-0.25, -0.2) is 4.98 Å². The van der Waals surface area contributed by atoms with Gasteiger partial charge in [0.05, 0.1) is 6.04 Å². The summed E-state index contributed by atoms with van der Waals surface area (Å²) in [6, 6.07) is 8.08. The van der Waals surface area contributed by atoms with Crippen LogP contribution in [0.3, 0.4) is 0 Å². The standard InChI is InChI=1S/C12H14ClN3/c1-14-11(12-15-5-6-16-12)8-9-3-2-4-10(13)7-9/h2-7,11,14H,8H2,1H3,(H,15,16). The Morgan fingerprint density at radius 3 is 3.00 bits per heavy atom. The lowest BCUT2D eigenvalue weighted by Crippen LogP contribution is -2.20. The number of H-pyrrole nitrogens is 1. The van der Waals surface area contributed by atoms with Crippen LogP contribution in [0, 0.1) is 0 Å². The molecule has 4 heteroatoms. The van der Waals surface area contributed by atoms with Crippen molar-refractivity contribution in [3.8, 4) is 0 Å². The fourth-order valence-corrected chi connectivity index (χ4v) is 1.92. The lowest BCUT2D eigenvalue weighted by atomic mass is 10.1. The van der Waals surface area contributed by atoms with Gasteiger partial charge in [-0.1, -0.05) is 23.7 Å². The van der Waals surface area contributed by atoms with Crippen molar-refractivity contribution in [2.45, 2.75) is 12.5 Å². The predicted octanol–water partition coefficient (Wildman–Crippen LogP) is 2.57. The van der Waals surface area contributed by atoms with Crippen molar-refractivity contribution in [1.29, 1.82) is 0 Å². The third-order valence-electron chi connectivity index (χ3n) is 2.53. The smallest absolute Gasteiger partial charge is 0.123 e. The Bertz CT molecular complexity index is 439. The van der Waals surface area contributed by atoms with E-state index < -0.39 is 0 Å². The quantitative estimate of drug-likeness (QED) is 0.855. The Kier molecular flexibility index (Phi) is 3.59. The summed E-state index contributed by atoms with van der Waals surface area (Å²) >= 11 is 5.95. The van der Waals surface area contributed by atoms with E-state index in [2.05, 4.69) is 21.4 Å². The van der Waals surface area contributed by atoms with Crippen molar-refractivity contribution < 1.29 is 0 Å². The molecule has 0 spiro atoms. The van der Waals surface area contributed by atoms with Gasteiger partial charge in [-0.2, -0.15) is 0 Å². The minimum Gasteiger partial charge on any atom is -0.347 e. The van der Waals surface area contributed by atoms with E-state index in [1.54, 1.807) is 6.20 Å². The van der Waals surface area contributed by atoms with Crippen LogP contribution < -0.4 is 5.32 Å². The third kappa shape index (κ3) is 2.62. The lowest BCUT2D eigenvalue weighted by molar-refractivity contribution is 0.563. The molecule has 0 amide bonds. The highest BCUT2D eigenvalue weighted by Crippen LogP contribution is 2.17. The zero-order valence-electron chi connectivity index (χ0n) is 9.07. The molecule has 1 heterocycles. The maximum Gasteiger partial charge on any atom is 0.123 e. The topological polar surface area (TPSA) is 40.7 Å². The number of nitrogens with zero attached hydrogens (tertiary/aromatic N) is 1. The number of halogens is 1.